The van der Waals surface area contributed by atoms with Crippen LogP contribution in [0.3, 0.4) is 0 Å². The lowest BCUT2D eigenvalue weighted by Gasteiger charge is -2.20. The molecule has 2 N–H and O–H groups in total. The van der Waals surface area contributed by atoms with Gasteiger partial charge in [-0.25, -0.2) is 0 Å². The highest BCUT2D eigenvalue weighted by molar-refractivity contribution is 5.50. The van der Waals surface area contributed by atoms with Gasteiger partial charge < -0.3 is 15.2 Å². The van der Waals surface area contributed by atoms with Gasteiger partial charge in [-0.3, -0.25) is 0 Å². The zero-order chi connectivity index (χ0) is 11.4. The molecule has 0 spiro atoms. The lowest BCUT2D eigenvalue weighted by atomic mass is 10.1. The van der Waals surface area contributed by atoms with Crippen molar-refractivity contribution in [2.24, 2.45) is 0 Å². The molecule has 1 atom stereocenters. The number of phenolic OH excluding ortho intramolecular Hbond substituents is 1. The number of phenols is 1. The van der Waals surface area contributed by atoms with Crippen molar-refractivity contribution in [3.63, 3.8) is 0 Å². The smallest absolute Gasteiger partial charge is 0.118 e. The number of hydrogen-bond donors (Lipinski definition) is 2. The number of aromatic hydroxyl groups is 1. The molecule has 2 rings (SSSR count). The van der Waals surface area contributed by atoms with E-state index in [-0.39, 0.29) is 6.10 Å². The monoisotopic (exact) mass is 219 g/mol. The van der Waals surface area contributed by atoms with E-state index in [0.717, 1.165) is 30.6 Å². The molecule has 1 aliphatic heterocycles. The Morgan fingerprint density at radius 2 is 2.38 bits per heavy atom. The fraction of sp³-hybridized carbons (Fsp3) is 0.385. The average molecular weight is 219 g/mol. The maximum absolute atomic E-state index is 9.40. The Morgan fingerprint density at radius 3 is 3.06 bits per heavy atom. The second-order valence-electron chi connectivity index (χ2n) is 4.09. The molecular weight excluding hydrogens is 202 g/mol. The van der Waals surface area contributed by atoms with Crippen LogP contribution in [-0.4, -0.2) is 17.8 Å². The Kier molecular flexibility index (Phi) is 3.34. The van der Waals surface area contributed by atoms with E-state index in [1.807, 2.05) is 25.1 Å². The molecule has 1 aromatic carbocycles. The molecule has 0 fully saturated rings. The first-order valence-electron chi connectivity index (χ1n) is 5.59. The van der Waals surface area contributed by atoms with E-state index in [1.165, 1.54) is 0 Å². The Balaban J connectivity index is 1.89. The van der Waals surface area contributed by atoms with Crippen LogP contribution in [0.25, 0.3) is 0 Å². The molecule has 0 aliphatic carbocycles. The number of rotatable bonds is 3. The normalized spacial score (nSPS) is 19.2. The predicted octanol–water partition coefficient (Wildman–Crippen LogP) is 2.81. The number of ether oxygens (including phenoxy) is 1. The van der Waals surface area contributed by atoms with E-state index in [9.17, 15) is 5.11 Å². The van der Waals surface area contributed by atoms with Crippen LogP contribution >= 0.6 is 0 Å². The summed E-state index contributed by atoms with van der Waals surface area (Å²) in [5.41, 5.74) is 1.91. The third-order valence-electron chi connectivity index (χ3n) is 2.75. The highest BCUT2D eigenvalue weighted by Gasteiger charge is 2.10. The molecule has 86 valence electrons. The molecule has 3 nitrogen and oxygen atoms in total. The van der Waals surface area contributed by atoms with Crippen molar-refractivity contribution in [2.45, 2.75) is 25.9 Å². The van der Waals surface area contributed by atoms with Gasteiger partial charge in [-0.2, -0.15) is 0 Å². The van der Waals surface area contributed by atoms with Crippen LogP contribution in [0.2, 0.25) is 0 Å². The van der Waals surface area contributed by atoms with Crippen LogP contribution in [0, 0.1) is 6.92 Å². The van der Waals surface area contributed by atoms with Gasteiger partial charge in [0.25, 0.3) is 0 Å². The third-order valence-corrected chi connectivity index (χ3v) is 2.75. The number of benzene rings is 1. The molecule has 0 bridgehead atoms. The van der Waals surface area contributed by atoms with Crippen molar-refractivity contribution in [2.75, 3.05) is 11.9 Å². The summed E-state index contributed by atoms with van der Waals surface area (Å²) in [7, 11) is 0. The maximum atomic E-state index is 9.40. The molecule has 3 heteroatoms. The molecule has 0 saturated heterocycles. The van der Waals surface area contributed by atoms with E-state index in [4.69, 9.17) is 4.74 Å². The summed E-state index contributed by atoms with van der Waals surface area (Å²) in [4.78, 5) is 0. The zero-order valence-corrected chi connectivity index (χ0v) is 9.44. The number of allylic oxidation sites excluding steroid dienone is 1. The van der Waals surface area contributed by atoms with Gasteiger partial charge in [-0.15, -0.1) is 0 Å². The molecule has 0 amide bonds. The fourth-order valence-corrected chi connectivity index (χ4v) is 1.73. The lowest BCUT2D eigenvalue weighted by molar-refractivity contribution is 0.135. The first-order chi connectivity index (χ1) is 7.75. The van der Waals surface area contributed by atoms with Crippen molar-refractivity contribution in [3.05, 3.63) is 36.1 Å². The van der Waals surface area contributed by atoms with E-state index in [1.54, 1.807) is 12.3 Å². The van der Waals surface area contributed by atoms with Gasteiger partial charge in [0, 0.05) is 5.69 Å². The van der Waals surface area contributed by atoms with Crippen LogP contribution in [0.1, 0.15) is 18.4 Å². The van der Waals surface area contributed by atoms with Crippen molar-refractivity contribution in [1.82, 2.24) is 0 Å². The second-order valence-corrected chi connectivity index (χ2v) is 4.09. The topological polar surface area (TPSA) is 41.5 Å². The largest absolute Gasteiger partial charge is 0.508 e. The number of nitrogens with one attached hydrogen (secondary N) is 1. The zero-order valence-electron chi connectivity index (χ0n) is 9.44. The van der Waals surface area contributed by atoms with E-state index >= 15 is 0 Å². The first-order valence-corrected chi connectivity index (χ1v) is 5.59. The third kappa shape index (κ3) is 2.69. The van der Waals surface area contributed by atoms with Gasteiger partial charge >= 0.3 is 0 Å². The van der Waals surface area contributed by atoms with Gasteiger partial charge in [-0.05, 0) is 49.6 Å². The van der Waals surface area contributed by atoms with E-state index < -0.39 is 0 Å². The van der Waals surface area contributed by atoms with Crippen molar-refractivity contribution in [3.8, 4) is 5.75 Å². The first kappa shape index (κ1) is 10.9. The van der Waals surface area contributed by atoms with Gasteiger partial charge in [0.2, 0.25) is 0 Å². The van der Waals surface area contributed by atoms with E-state index in [2.05, 4.69) is 5.32 Å². The van der Waals surface area contributed by atoms with E-state index in [0.29, 0.717) is 5.75 Å². The molecule has 1 aromatic rings. The van der Waals surface area contributed by atoms with Gasteiger partial charge in [0.15, 0.2) is 0 Å². The average Bonchev–Trinajstić information content (AvgIpc) is 2.32. The Labute approximate surface area is 95.7 Å². The van der Waals surface area contributed by atoms with Crippen molar-refractivity contribution in [1.29, 1.82) is 0 Å². The highest BCUT2D eigenvalue weighted by Crippen LogP contribution is 2.20. The molecule has 1 aliphatic rings. The van der Waals surface area contributed by atoms with Crippen molar-refractivity contribution >= 4 is 5.69 Å². The Bertz CT molecular complexity index is 388. The second kappa shape index (κ2) is 4.92. The summed E-state index contributed by atoms with van der Waals surface area (Å²) < 4.78 is 5.46. The minimum absolute atomic E-state index is 0.249. The standard InChI is InChI=1S/C13H17NO2/c1-10-8-11(5-6-13(10)15)14-9-12-4-2-3-7-16-12/h3,5-8,12,14-15H,2,4,9H2,1H3. The highest BCUT2D eigenvalue weighted by atomic mass is 16.5. The SMILES string of the molecule is Cc1cc(NCC2CCC=CO2)ccc1O. The maximum Gasteiger partial charge on any atom is 0.118 e. The van der Waals surface area contributed by atoms with Crippen LogP contribution < -0.4 is 5.32 Å². The summed E-state index contributed by atoms with van der Waals surface area (Å²) in [5.74, 6) is 0.336. The molecule has 0 radical (unpaired) electrons. The molecule has 16 heavy (non-hydrogen) atoms. The summed E-state index contributed by atoms with van der Waals surface area (Å²) in [5, 5.41) is 12.7. The van der Waals surface area contributed by atoms with Crippen molar-refractivity contribution < 1.29 is 9.84 Å². The minimum Gasteiger partial charge on any atom is -0.508 e. The summed E-state index contributed by atoms with van der Waals surface area (Å²) in [6.45, 7) is 2.69. The number of aryl methyl sites for hydroxylation is 1. The molecular formula is C13H17NO2. The van der Waals surface area contributed by atoms with Gasteiger partial charge in [0.1, 0.15) is 11.9 Å². The predicted molar refractivity (Wildman–Crippen MR) is 64.6 cm³/mol. The number of hydrogen-bond acceptors (Lipinski definition) is 3. The minimum atomic E-state index is 0.249. The van der Waals surface area contributed by atoms with Crippen LogP contribution in [0.5, 0.6) is 5.75 Å². The molecule has 1 unspecified atom stereocenters. The number of anilines is 1. The summed E-state index contributed by atoms with van der Waals surface area (Å²) in [6.07, 6.45) is 6.21. The summed E-state index contributed by atoms with van der Waals surface area (Å²) >= 11 is 0. The molecule has 1 heterocycles. The fourth-order valence-electron chi connectivity index (χ4n) is 1.73. The summed E-state index contributed by atoms with van der Waals surface area (Å²) in [6, 6.07) is 5.52. The van der Waals surface area contributed by atoms with Gasteiger partial charge in [0.05, 0.1) is 12.8 Å². The Morgan fingerprint density at radius 1 is 1.50 bits per heavy atom. The quantitative estimate of drug-likeness (QED) is 0.768. The van der Waals surface area contributed by atoms with Crippen LogP contribution in [0.4, 0.5) is 5.69 Å². The van der Waals surface area contributed by atoms with Crippen LogP contribution in [-0.2, 0) is 4.74 Å². The lowest BCUT2D eigenvalue weighted by Crippen LogP contribution is -2.22. The van der Waals surface area contributed by atoms with Gasteiger partial charge in [-0.1, -0.05) is 0 Å². The Hall–Kier alpha value is -1.64. The molecule has 0 saturated carbocycles. The van der Waals surface area contributed by atoms with Crippen LogP contribution in [0.15, 0.2) is 30.5 Å². The molecule has 0 aromatic heterocycles.